The van der Waals surface area contributed by atoms with Crippen molar-refractivity contribution < 1.29 is 5.11 Å². The van der Waals surface area contributed by atoms with Gasteiger partial charge in [0.25, 0.3) is 0 Å². The molecule has 0 bridgehead atoms. The van der Waals surface area contributed by atoms with E-state index in [9.17, 15) is 0 Å². The number of aliphatic hydroxyl groups excluding tert-OH is 1. The fourth-order valence-electron chi connectivity index (χ4n) is 2.11. The molecule has 0 saturated carbocycles. The minimum atomic E-state index is 0.351. The van der Waals surface area contributed by atoms with Crippen LogP contribution in [0.2, 0.25) is 0 Å². The number of hydrogen-bond donors (Lipinski definition) is 3. The number of rotatable bonds is 13. The molecule has 104 valence electrons. The first-order valence-corrected chi connectivity index (χ1v) is 7.36. The van der Waals surface area contributed by atoms with Gasteiger partial charge in [0.15, 0.2) is 0 Å². The van der Waals surface area contributed by atoms with Crippen LogP contribution in [0, 0.1) is 5.92 Å². The third-order valence-corrected chi connectivity index (χ3v) is 3.44. The Labute approximate surface area is 107 Å². The number of unbranched alkanes of at least 4 members (excludes halogenated alkanes) is 8. The van der Waals surface area contributed by atoms with Gasteiger partial charge in [-0.15, -0.1) is 0 Å². The fraction of sp³-hybridized carbons (Fsp3) is 1.00. The van der Waals surface area contributed by atoms with Crippen molar-refractivity contribution in [1.82, 2.24) is 0 Å². The zero-order chi connectivity index (χ0) is 12.8. The zero-order valence-electron chi connectivity index (χ0n) is 11.4. The van der Waals surface area contributed by atoms with E-state index in [1.165, 1.54) is 57.8 Å². The Kier molecular flexibility index (Phi) is 13.8. The quantitative estimate of drug-likeness (QED) is 0.436. The van der Waals surface area contributed by atoms with Crippen LogP contribution in [0.1, 0.15) is 64.2 Å². The van der Waals surface area contributed by atoms with Crippen LogP contribution in [-0.4, -0.2) is 24.8 Å². The van der Waals surface area contributed by atoms with Crippen molar-refractivity contribution in [2.45, 2.75) is 64.2 Å². The lowest BCUT2D eigenvalue weighted by Gasteiger charge is -2.11. The van der Waals surface area contributed by atoms with Crippen molar-refractivity contribution in [2.24, 2.45) is 17.4 Å². The van der Waals surface area contributed by atoms with Gasteiger partial charge in [-0.2, -0.15) is 0 Å². The lowest BCUT2D eigenvalue weighted by Crippen LogP contribution is -2.22. The molecule has 0 unspecified atom stereocenters. The van der Waals surface area contributed by atoms with Crippen molar-refractivity contribution in [3.8, 4) is 0 Å². The van der Waals surface area contributed by atoms with Gasteiger partial charge in [0.05, 0.1) is 0 Å². The van der Waals surface area contributed by atoms with Gasteiger partial charge in [-0.3, -0.25) is 0 Å². The monoisotopic (exact) mass is 244 g/mol. The fourth-order valence-corrected chi connectivity index (χ4v) is 2.11. The van der Waals surface area contributed by atoms with E-state index in [0.29, 0.717) is 12.5 Å². The van der Waals surface area contributed by atoms with E-state index in [1.54, 1.807) is 0 Å². The summed E-state index contributed by atoms with van der Waals surface area (Å²) in [6.07, 6.45) is 12.6. The molecule has 0 atom stereocenters. The maximum atomic E-state index is 8.63. The lowest BCUT2D eigenvalue weighted by molar-refractivity contribution is 0.282. The van der Waals surface area contributed by atoms with Crippen molar-refractivity contribution in [3.63, 3.8) is 0 Å². The molecular weight excluding hydrogens is 212 g/mol. The van der Waals surface area contributed by atoms with Gasteiger partial charge in [0.1, 0.15) is 0 Å². The van der Waals surface area contributed by atoms with Gasteiger partial charge >= 0.3 is 0 Å². The molecule has 0 rings (SSSR count). The van der Waals surface area contributed by atoms with Crippen LogP contribution >= 0.6 is 0 Å². The van der Waals surface area contributed by atoms with Gasteiger partial charge in [0.2, 0.25) is 0 Å². The average molecular weight is 244 g/mol. The third-order valence-electron chi connectivity index (χ3n) is 3.44. The largest absolute Gasteiger partial charge is 0.396 e. The molecule has 0 spiro atoms. The summed E-state index contributed by atoms with van der Waals surface area (Å²) in [4.78, 5) is 0. The summed E-state index contributed by atoms with van der Waals surface area (Å²) in [5.41, 5.74) is 11.2. The highest BCUT2D eigenvalue weighted by molar-refractivity contribution is 4.60. The first-order valence-electron chi connectivity index (χ1n) is 7.36. The Balaban J connectivity index is 3.03. The summed E-state index contributed by atoms with van der Waals surface area (Å²) in [6, 6.07) is 0. The number of nitrogens with two attached hydrogens (primary N) is 2. The van der Waals surface area contributed by atoms with Crippen molar-refractivity contribution >= 4 is 0 Å². The smallest absolute Gasteiger partial charge is 0.0431 e. The van der Waals surface area contributed by atoms with E-state index < -0.39 is 0 Å². The molecular formula is C14H32N2O. The average Bonchev–Trinajstić information content (AvgIpc) is 2.36. The molecule has 0 amide bonds. The molecule has 0 aromatic rings. The highest BCUT2D eigenvalue weighted by Crippen LogP contribution is 2.12. The van der Waals surface area contributed by atoms with Crippen LogP contribution in [0.4, 0.5) is 0 Å². The van der Waals surface area contributed by atoms with Gasteiger partial charge in [-0.1, -0.05) is 51.4 Å². The standard InChI is InChI=1S/C14H32N2O/c15-12-14(13-16)10-8-6-4-2-1-3-5-7-9-11-17/h14,17H,1-13,15-16H2. The molecule has 3 heteroatoms. The SMILES string of the molecule is NCC(CN)CCCCCCCCCCCO. The van der Waals surface area contributed by atoms with E-state index >= 15 is 0 Å². The molecule has 17 heavy (non-hydrogen) atoms. The summed E-state index contributed by atoms with van der Waals surface area (Å²) in [5, 5.41) is 8.63. The van der Waals surface area contributed by atoms with Gasteiger partial charge < -0.3 is 16.6 Å². The Morgan fingerprint density at radius 2 is 1.06 bits per heavy atom. The minimum absolute atomic E-state index is 0.351. The molecule has 0 heterocycles. The van der Waals surface area contributed by atoms with E-state index in [1.807, 2.05) is 0 Å². The minimum Gasteiger partial charge on any atom is -0.396 e. The topological polar surface area (TPSA) is 72.3 Å². The van der Waals surface area contributed by atoms with E-state index in [2.05, 4.69) is 0 Å². The van der Waals surface area contributed by atoms with E-state index in [0.717, 1.165) is 19.5 Å². The first kappa shape index (κ1) is 16.9. The lowest BCUT2D eigenvalue weighted by atomic mass is 10.00. The molecule has 0 aliphatic carbocycles. The van der Waals surface area contributed by atoms with E-state index in [4.69, 9.17) is 16.6 Å². The summed E-state index contributed by atoms with van der Waals surface area (Å²) in [5.74, 6) is 0.536. The van der Waals surface area contributed by atoms with Gasteiger partial charge in [-0.25, -0.2) is 0 Å². The number of hydrogen-bond acceptors (Lipinski definition) is 3. The normalized spacial score (nSPS) is 11.3. The molecule has 0 saturated heterocycles. The van der Waals surface area contributed by atoms with Crippen molar-refractivity contribution in [3.05, 3.63) is 0 Å². The zero-order valence-corrected chi connectivity index (χ0v) is 11.4. The van der Waals surface area contributed by atoms with Crippen molar-refractivity contribution in [2.75, 3.05) is 19.7 Å². The van der Waals surface area contributed by atoms with Crippen LogP contribution in [0.5, 0.6) is 0 Å². The molecule has 3 nitrogen and oxygen atoms in total. The van der Waals surface area contributed by atoms with Crippen LogP contribution in [0.25, 0.3) is 0 Å². The second-order valence-electron chi connectivity index (χ2n) is 5.03. The Bertz CT molecular complexity index is 138. The van der Waals surface area contributed by atoms with Gasteiger partial charge in [-0.05, 0) is 31.8 Å². The summed E-state index contributed by atoms with van der Waals surface area (Å²) in [6.45, 7) is 1.83. The third kappa shape index (κ3) is 12.1. The van der Waals surface area contributed by atoms with Crippen molar-refractivity contribution in [1.29, 1.82) is 0 Å². The van der Waals surface area contributed by atoms with E-state index in [-0.39, 0.29) is 0 Å². The maximum absolute atomic E-state index is 8.63. The highest BCUT2D eigenvalue weighted by Gasteiger charge is 2.02. The molecule has 0 aromatic carbocycles. The van der Waals surface area contributed by atoms with Crippen LogP contribution in [-0.2, 0) is 0 Å². The Morgan fingerprint density at radius 1 is 0.647 bits per heavy atom. The van der Waals surface area contributed by atoms with Crippen LogP contribution in [0.3, 0.4) is 0 Å². The summed E-state index contributed by atoms with van der Waals surface area (Å²) in [7, 11) is 0. The second-order valence-corrected chi connectivity index (χ2v) is 5.03. The predicted molar refractivity (Wildman–Crippen MR) is 74.9 cm³/mol. The highest BCUT2D eigenvalue weighted by atomic mass is 16.2. The first-order chi connectivity index (χ1) is 8.35. The molecule has 0 aliphatic rings. The molecule has 0 fully saturated rings. The van der Waals surface area contributed by atoms with Crippen LogP contribution in [0.15, 0.2) is 0 Å². The molecule has 0 aromatic heterocycles. The second kappa shape index (κ2) is 13.9. The summed E-state index contributed by atoms with van der Waals surface area (Å²) < 4.78 is 0. The maximum Gasteiger partial charge on any atom is 0.0431 e. The molecule has 5 N–H and O–H groups in total. The number of aliphatic hydroxyl groups is 1. The van der Waals surface area contributed by atoms with Crippen LogP contribution < -0.4 is 11.5 Å². The molecule has 0 radical (unpaired) electrons. The summed E-state index contributed by atoms with van der Waals surface area (Å²) >= 11 is 0. The Hall–Kier alpha value is -0.120. The predicted octanol–water partition coefficient (Wildman–Crippen LogP) is 2.41. The van der Waals surface area contributed by atoms with Gasteiger partial charge in [0, 0.05) is 6.61 Å². The Morgan fingerprint density at radius 3 is 1.47 bits per heavy atom. The molecule has 0 aliphatic heterocycles.